The number of halogens is 1. The van der Waals surface area contributed by atoms with E-state index < -0.39 is 6.17 Å². The van der Waals surface area contributed by atoms with Crippen LogP contribution in [-0.2, 0) is 0 Å². The van der Waals surface area contributed by atoms with E-state index in [4.69, 9.17) is 4.74 Å². The Morgan fingerprint density at radius 3 is 3.04 bits per heavy atom. The molecule has 0 radical (unpaired) electrons. The molecule has 2 atom stereocenters. The molecule has 0 amide bonds. The van der Waals surface area contributed by atoms with Crippen molar-refractivity contribution in [2.45, 2.75) is 32.5 Å². The molecular weight excluding hydrogens is 349 g/mol. The third-order valence-electron chi connectivity index (χ3n) is 4.98. The molecule has 4 rings (SSSR count). The van der Waals surface area contributed by atoms with E-state index in [9.17, 15) is 4.39 Å². The number of nitrogens with one attached hydrogen (secondary N) is 2. The van der Waals surface area contributed by atoms with Crippen LogP contribution in [0.5, 0.6) is 5.88 Å². The molecule has 0 aliphatic carbocycles. The number of likely N-dealkylation sites (tertiary alicyclic amines) is 1. The van der Waals surface area contributed by atoms with Crippen LogP contribution >= 0.6 is 0 Å². The second kappa shape index (κ2) is 7.15. The second-order valence-electron chi connectivity index (χ2n) is 6.87. The zero-order valence-electron chi connectivity index (χ0n) is 15.7. The molecule has 2 N–H and O–H groups in total. The SMILES string of the molecule is CCOc1nc(Nc2cnn(C3CCN(C)CC3F)c2C)nc2[nH]ccc12. The highest BCUT2D eigenvalue weighted by Crippen LogP contribution is 2.30. The van der Waals surface area contributed by atoms with Crippen molar-refractivity contribution in [3.05, 3.63) is 24.2 Å². The fraction of sp³-hybridized carbons (Fsp3) is 0.500. The first-order valence-corrected chi connectivity index (χ1v) is 9.18. The zero-order valence-corrected chi connectivity index (χ0v) is 15.7. The summed E-state index contributed by atoms with van der Waals surface area (Å²) in [6.07, 6.45) is 3.30. The molecule has 3 aromatic heterocycles. The number of nitrogens with zero attached hydrogens (tertiary/aromatic N) is 5. The molecule has 1 fully saturated rings. The highest BCUT2D eigenvalue weighted by atomic mass is 19.1. The third-order valence-corrected chi connectivity index (χ3v) is 4.98. The fourth-order valence-electron chi connectivity index (χ4n) is 3.54. The van der Waals surface area contributed by atoms with Crippen LogP contribution in [-0.4, -0.2) is 62.5 Å². The number of alkyl halides is 1. The second-order valence-corrected chi connectivity index (χ2v) is 6.87. The largest absolute Gasteiger partial charge is 0.477 e. The number of fused-ring (bicyclic) bond motifs is 1. The van der Waals surface area contributed by atoms with Crippen molar-refractivity contribution in [1.29, 1.82) is 0 Å². The lowest BCUT2D eigenvalue weighted by molar-refractivity contribution is 0.0994. The molecule has 1 aliphatic heterocycles. The van der Waals surface area contributed by atoms with Crippen molar-refractivity contribution >= 4 is 22.7 Å². The van der Waals surface area contributed by atoms with Gasteiger partial charge in [0.2, 0.25) is 11.8 Å². The summed E-state index contributed by atoms with van der Waals surface area (Å²) < 4.78 is 21.9. The van der Waals surface area contributed by atoms with Gasteiger partial charge in [-0.2, -0.15) is 15.1 Å². The summed E-state index contributed by atoms with van der Waals surface area (Å²) in [5, 5.41) is 8.46. The quantitative estimate of drug-likeness (QED) is 0.715. The number of piperidine rings is 1. The van der Waals surface area contributed by atoms with Gasteiger partial charge in [0.25, 0.3) is 0 Å². The Bertz CT molecular complexity index is 937. The monoisotopic (exact) mass is 373 g/mol. The average molecular weight is 373 g/mol. The molecule has 9 heteroatoms. The summed E-state index contributed by atoms with van der Waals surface area (Å²) in [4.78, 5) is 14.0. The number of aromatic amines is 1. The minimum absolute atomic E-state index is 0.248. The van der Waals surface area contributed by atoms with Gasteiger partial charge in [0, 0.05) is 19.3 Å². The molecule has 0 bridgehead atoms. The average Bonchev–Trinajstić information content (AvgIpc) is 3.23. The Balaban J connectivity index is 1.60. The lowest BCUT2D eigenvalue weighted by atomic mass is 10.0. The molecule has 0 spiro atoms. The first-order chi connectivity index (χ1) is 13.1. The maximum Gasteiger partial charge on any atom is 0.232 e. The lowest BCUT2D eigenvalue weighted by Gasteiger charge is -2.32. The van der Waals surface area contributed by atoms with Gasteiger partial charge in [-0.25, -0.2) is 4.39 Å². The van der Waals surface area contributed by atoms with E-state index in [1.54, 1.807) is 17.1 Å². The van der Waals surface area contributed by atoms with Gasteiger partial charge in [-0.15, -0.1) is 0 Å². The van der Waals surface area contributed by atoms with Gasteiger partial charge in [0.15, 0.2) is 0 Å². The number of rotatable bonds is 5. The number of anilines is 2. The Kier molecular flexibility index (Phi) is 4.69. The number of aromatic nitrogens is 5. The normalized spacial score (nSPS) is 20.9. The Hall–Kier alpha value is -2.68. The topological polar surface area (TPSA) is 83.9 Å². The van der Waals surface area contributed by atoms with Crippen LogP contribution in [0.15, 0.2) is 18.5 Å². The Morgan fingerprint density at radius 1 is 1.41 bits per heavy atom. The summed E-state index contributed by atoms with van der Waals surface area (Å²) in [5.74, 6) is 0.937. The molecule has 27 heavy (non-hydrogen) atoms. The molecule has 3 aromatic rings. The van der Waals surface area contributed by atoms with Crippen molar-refractivity contribution < 1.29 is 9.13 Å². The van der Waals surface area contributed by atoms with E-state index in [2.05, 4.69) is 25.4 Å². The van der Waals surface area contributed by atoms with Gasteiger partial charge in [0.1, 0.15) is 11.8 Å². The maximum absolute atomic E-state index is 14.5. The van der Waals surface area contributed by atoms with Gasteiger partial charge in [-0.05, 0) is 33.4 Å². The van der Waals surface area contributed by atoms with Crippen LogP contribution in [0.2, 0.25) is 0 Å². The van der Waals surface area contributed by atoms with E-state index in [-0.39, 0.29) is 6.04 Å². The lowest BCUT2D eigenvalue weighted by Crippen LogP contribution is -2.41. The smallest absolute Gasteiger partial charge is 0.232 e. The molecule has 1 aliphatic rings. The maximum atomic E-state index is 14.5. The van der Waals surface area contributed by atoms with Gasteiger partial charge in [-0.3, -0.25) is 4.68 Å². The van der Waals surface area contributed by atoms with E-state index in [0.29, 0.717) is 30.6 Å². The fourth-order valence-corrected chi connectivity index (χ4v) is 3.54. The number of hydrogen-bond acceptors (Lipinski definition) is 6. The molecule has 8 nitrogen and oxygen atoms in total. The van der Waals surface area contributed by atoms with Gasteiger partial charge >= 0.3 is 0 Å². The first kappa shape index (κ1) is 17.7. The minimum atomic E-state index is -0.939. The Labute approximate surface area is 156 Å². The summed E-state index contributed by atoms with van der Waals surface area (Å²) in [7, 11) is 1.94. The van der Waals surface area contributed by atoms with Crippen LogP contribution in [0.25, 0.3) is 11.0 Å². The van der Waals surface area contributed by atoms with Crippen molar-refractivity contribution in [3.8, 4) is 5.88 Å². The molecular formula is C18H24FN7O. The van der Waals surface area contributed by atoms with E-state index in [1.807, 2.05) is 31.9 Å². The predicted octanol–water partition coefficient (Wildman–Crippen LogP) is 2.82. The highest BCUT2D eigenvalue weighted by Gasteiger charge is 2.30. The van der Waals surface area contributed by atoms with Crippen LogP contribution in [0, 0.1) is 6.92 Å². The zero-order chi connectivity index (χ0) is 19.0. The summed E-state index contributed by atoms with van der Waals surface area (Å²) in [6.45, 7) is 5.64. The molecule has 0 saturated carbocycles. The van der Waals surface area contributed by atoms with Gasteiger partial charge in [-0.1, -0.05) is 0 Å². The third kappa shape index (κ3) is 3.34. The molecule has 2 unspecified atom stereocenters. The number of hydrogen-bond donors (Lipinski definition) is 2. The van der Waals surface area contributed by atoms with E-state index >= 15 is 0 Å². The number of ether oxygens (including phenoxy) is 1. The minimum Gasteiger partial charge on any atom is -0.477 e. The van der Waals surface area contributed by atoms with Crippen LogP contribution < -0.4 is 10.1 Å². The first-order valence-electron chi connectivity index (χ1n) is 9.18. The highest BCUT2D eigenvalue weighted by molar-refractivity contribution is 5.82. The van der Waals surface area contributed by atoms with E-state index in [0.717, 1.165) is 29.7 Å². The van der Waals surface area contributed by atoms with Crippen LogP contribution in [0.4, 0.5) is 16.0 Å². The molecule has 0 aromatic carbocycles. The standard InChI is InChI=1S/C18H24FN7O/c1-4-27-17-12-5-7-20-16(12)23-18(24-17)22-14-9-21-26(11(14)2)15-6-8-25(3)10-13(15)19/h5,7,9,13,15H,4,6,8,10H2,1-3H3,(H2,20,22,23,24). The molecule has 4 heterocycles. The van der Waals surface area contributed by atoms with Crippen LogP contribution in [0.1, 0.15) is 25.1 Å². The summed E-state index contributed by atoms with van der Waals surface area (Å²) >= 11 is 0. The van der Waals surface area contributed by atoms with Crippen molar-refractivity contribution in [1.82, 2.24) is 29.6 Å². The van der Waals surface area contributed by atoms with Crippen LogP contribution in [0.3, 0.4) is 0 Å². The van der Waals surface area contributed by atoms with E-state index in [1.165, 1.54) is 0 Å². The molecule has 144 valence electrons. The predicted molar refractivity (Wildman–Crippen MR) is 101 cm³/mol. The number of H-pyrrole nitrogens is 1. The molecule has 1 saturated heterocycles. The summed E-state index contributed by atoms with van der Waals surface area (Å²) in [5.41, 5.74) is 2.31. The Morgan fingerprint density at radius 2 is 2.26 bits per heavy atom. The van der Waals surface area contributed by atoms with Gasteiger partial charge in [0.05, 0.1) is 35.6 Å². The van der Waals surface area contributed by atoms with Crippen molar-refractivity contribution in [3.63, 3.8) is 0 Å². The van der Waals surface area contributed by atoms with Gasteiger partial charge < -0.3 is 19.9 Å². The van der Waals surface area contributed by atoms with Crippen molar-refractivity contribution in [2.24, 2.45) is 0 Å². The summed E-state index contributed by atoms with van der Waals surface area (Å²) in [6, 6.07) is 1.64. The van der Waals surface area contributed by atoms with Crippen molar-refractivity contribution in [2.75, 3.05) is 32.1 Å².